The van der Waals surface area contributed by atoms with Gasteiger partial charge in [-0.3, -0.25) is 9.97 Å². The van der Waals surface area contributed by atoms with Crippen molar-refractivity contribution in [3.8, 4) is 65.6 Å². The zero-order valence-electron chi connectivity index (χ0n) is 36.3. The molecule has 65 heavy (non-hydrogen) atoms. The second kappa shape index (κ2) is 15.6. The summed E-state index contributed by atoms with van der Waals surface area (Å²) in [5, 5.41) is 3.83. The lowest BCUT2D eigenvalue weighted by Gasteiger charge is -2.34. The van der Waals surface area contributed by atoms with Gasteiger partial charge < -0.3 is 0 Å². The quantitative estimate of drug-likeness (QED) is 0.143. The van der Waals surface area contributed by atoms with Crippen LogP contribution in [0.5, 0.6) is 0 Å². The fourth-order valence-electron chi connectivity index (χ4n) is 9.86. The number of rotatable bonds is 8. The summed E-state index contributed by atoms with van der Waals surface area (Å²) in [4.78, 5) is 16.4. The summed E-state index contributed by atoms with van der Waals surface area (Å²) in [6.07, 6.45) is 7.61. The van der Waals surface area contributed by atoms with Crippen molar-refractivity contribution in [2.75, 3.05) is 0 Å². The summed E-state index contributed by atoms with van der Waals surface area (Å²) < 4.78 is 2.30. The SMILES string of the molecule is C[Si](C)(C)c1ccc(-c2ccc3c(c2)C(c2ccccc2)(c2ccccc2)c2cc(-c4cccc(-c5cc(-c6cc7ccncc7s6)nc(-c6cc7ccncc7s6)c5)c4)ccc2-3)cc1. The molecule has 6 aromatic carbocycles. The van der Waals surface area contributed by atoms with Crippen molar-refractivity contribution in [2.45, 2.75) is 25.1 Å². The van der Waals surface area contributed by atoms with E-state index in [2.05, 4.69) is 212 Å². The molecule has 0 aliphatic heterocycles. The van der Waals surface area contributed by atoms with Crippen molar-refractivity contribution in [2.24, 2.45) is 0 Å². The Balaban J connectivity index is 1.02. The highest BCUT2D eigenvalue weighted by atomic mass is 32.1. The van der Waals surface area contributed by atoms with E-state index in [0.717, 1.165) is 41.7 Å². The van der Waals surface area contributed by atoms with E-state index in [-0.39, 0.29) is 0 Å². The van der Waals surface area contributed by atoms with Gasteiger partial charge in [-0.25, -0.2) is 4.98 Å². The smallest absolute Gasteiger partial charge is 0.0816 e. The zero-order valence-corrected chi connectivity index (χ0v) is 38.9. The number of hydrogen-bond acceptors (Lipinski definition) is 5. The molecule has 0 saturated heterocycles. The molecule has 0 N–H and O–H groups in total. The van der Waals surface area contributed by atoms with Gasteiger partial charge in [0.1, 0.15) is 0 Å². The minimum Gasteiger partial charge on any atom is -0.263 e. The van der Waals surface area contributed by atoms with Crippen molar-refractivity contribution >= 4 is 56.1 Å². The Hall–Kier alpha value is -7.09. The van der Waals surface area contributed by atoms with Gasteiger partial charge in [-0.05, 0) is 132 Å². The predicted molar refractivity (Wildman–Crippen MR) is 278 cm³/mol. The Bertz CT molecular complexity index is 3390. The lowest BCUT2D eigenvalue weighted by atomic mass is 9.67. The monoisotopic (exact) mass is 885 g/mol. The van der Waals surface area contributed by atoms with Crippen molar-refractivity contribution in [3.05, 3.63) is 229 Å². The molecule has 0 unspecified atom stereocenters. The van der Waals surface area contributed by atoms with Crippen LogP contribution in [0.4, 0.5) is 0 Å². The van der Waals surface area contributed by atoms with Crippen LogP contribution in [0.2, 0.25) is 19.6 Å². The molecule has 1 aliphatic rings. The number of thiophene rings is 2. The minimum atomic E-state index is -1.44. The molecule has 0 saturated carbocycles. The molecule has 6 heteroatoms. The third kappa shape index (κ3) is 6.79. The minimum absolute atomic E-state index is 0.538. The highest BCUT2D eigenvalue weighted by Crippen LogP contribution is 2.57. The second-order valence-electron chi connectivity index (χ2n) is 18.1. The van der Waals surface area contributed by atoms with Gasteiger partial charge in [-0.15, -0.1) is 22.7 Å². The fraction of sp³-hybridized carbons (Fsp3) is 0.0678. The Labute approximate surface area is 388 Å². The molecule has 3 nitrogen and oxygen atoms in total. The van der Waals surface area contributed by atoms with Crippen LogP contribution in [0.25, 0.3) is 85.8 Å². The van der Waals surface area contributed by atoms with Gasteiger partial charge in [0.2, 0.25) is 0 Å². The van der Waals surface area contributed by atoms with E-state index in [1.165, 1.54) is 71.6 Å². The molecule has 5 heterocycles. The van der Waals surface area contributed by atoms with Crippen molar-refractivity contribution in [3.63, 3.8) is 0 Å². The molecule has 12 rings (SSSR count). The van der Waals surface area contributed by atoms with E-state index in [0.29, 0.717) is 0 Å². The summed E-state index contributed by atoms with van der Waals surface area (Å²) >= 11 is 3.47. The van der Waals surface area contributed by atoms with E-state index < -0.39 is 13.5 Å². The van der Waals surface area contributed by atoms with Crippen LogP contribution in [0.1, 0.15) is 22.3 Å². The molecule has 11 aromatic rings. The maximum atomic E-state index is 5.32. The number of aromatic nitrogens is 3. The van der Waals surface area contributed by atoms with E-state index >= 15 is 0 Å². The lowest BCUT2D eigenvalue weighted by Crippen LogP contribution is -2.37. The maximum absolute atomic E-state index is 5.32. The summed E-state index contributed by atoms with van der Waals surface area (Å²) in [6, 6.07) is 68.1. The van der Waals surface area contributed by atoms with Crippen molar-refractivity contribution in [1.82, 2.24) is 15.0 Å². The molecular formula is C59H43N3S2Si. The molecule has 0 radical (unpaired) electrons. The fourth-order valence-corrected chi connectivity index (χ4v) is 13.0. The molecule has 0 bridgehead atoms. The van der Waals surface area contributed by atoms with Gasteiger partial charge in [0.15, 0.2) is 0 Å². The van der Waals surface area contributed by atoms with Crippen LogP contribution in [0.3, 0.4) is 0 Å². The number of nitrogens with zero attached hydrogens (tertiary/aromatic N) is 3. The Kier molecular flexibility index (Phi) is 9.46. The Morgan fingerprint density at radius 1 is 0.415 bits per heavy atom. The summed E-state index contributed by atoms with van der Waals surface area (Å²) in [6.45, 7) is 7.24. The number of hydrogen-bond donors (Lipinski definition) is 0. The van der Waals surface area contributed by atoms with Crippen LogP contribution < -0.4 is 5.19 Å². The molecular weight excluding hydrogens is 843 g/mol. The maximum Gasteiger partial charge on any atom is 0.0816 e. The molecule has 0 spiro atoms. The third-order valence-corrected chi connectivity index (χ3v) is 17.4. The zero-order chi connectivity index (χ0) is 43.7. The second-order valence-corrected chi connectivity index (χ2v) is 25.3. The van der Waals surface area contributed by atoms with Crippen molar-refractivity contribution in [1.29, 1.82) is 0 Å². The molecule has 0 fully saturated rings. The largest absolute Gasteiger partial charge is 0.263 e. The van der Waals surface area contributed by atoms with Gasteiger partial charge in [0.05, 0.1) is 44.0 Å². The van der Waals surface area contributed by atoms with Crippen molar-refractivity contribution < 1.29 is 0 Å². The average Bonchev–Trinajstić information content (AvgIpc) is 4.07. The highest BCUT2D eigenvalue weighted by molar-refractivity contribution is 7.22. The van der Waals surface area contributed by atoms with Gasteiger partial charge >= 0.3 is 0 Å². The van der Waals surface area contributed by atoms with E-state index in [4.69, 9.17) is 4.98 Å². The molecule has 0 amide bonds. The van der Waals surface area contributed by atoms with Crippen LogP contribution >= 0.6 is 22.7 Å². The van der Waals surface area contributed by atoms with Crippen LogP contribution in [0, 0.1) is 0 Å². The van der Waals surface area contributed by atoms with Crippen LogP contribution in [-0.4, -0.2) is 23.0 Å². The van der Waals surface area contributed by atoms with E-state index in [1.807, 2.05) is 24.8 Å². The van der Waals surface area contributed by atoms with Gasteiger partial charge in [-0.2, -0.15) is 0 Å². The first-order valence-electron chi connectivity index (χ1n) is 22.1. The topological polar surface area (TPSA) is 38.7 Å². The molecule has 1 aliphatic carbocycles. The predicted octanol–water partition coefficient (Wildman–Crippen LogP) is 15.5. The Morgan fingerprint density at radius 2 is 0.892 bits per heavy atom. The normalized spacial score (nSPS) is 13.0. The summed E-state index contributed by atoms with van der Waals surface area (Å²) in [7, 11) is -1.44. The lowest BCUT2D eigenvalue weighted by molar-refractivity contribution is 0.769. The van der Waals surface area contributed by atoms with Crippen LogP contribution in [-0.2, 0) is 5.41 Å². The van der Waals surface area contributed by atoms with Gasteiger partial charge in [0.25, 0.3) is 0 Å². The molecule has 5 aromatic heterocycles. The van der Waals surface area contributed by atoms with E-state index in [9.17, 15) is 0 Å². The molecule has 0 atom stereocenters. The Morgan fingerprint density at radius 3 is 1.40 bits per heavy atom. The number of fused-ring (bicyclic) bond motifs is 5. The number of pyridine rings is 3. The third-order valence-electron chi connectivity index (χ3n) is 13.1. The average molecular weight is 886 g/mol. The van der Waals surface area contributed by atoms with E-state index in [1.54, 1.807) is 22.7 Å². The molecule has 310 valence electrons. The first-order chi connectivity index (χ1) is 31.8. The standard InChI is InChI=1S/C59H43N3S2Si/c1-65(2,3)48-21-17-38(18-22-48)41-19-23-49-50-24-20-42(31-52(50)59(51(49)30-41,46-13-6-4-7-14-46)47-15-8-5-9-16-47)39-11-10-12-40(29-39)45-32-53(55-34-43-25-27-60-36-57(43)63-55)62-54(33-45)56-35-44-26-28-61-37-58(44)64-56/h4-37H,1-3H3. The first kappa shape index (κ1) is 39.5. The van der Waals surface area contributed by atoms with Gasteiger partial charge in [0, 0.05) is 24.8 Å². The summed E-state index contributed by atoms with van der Waals surface area (Å²) in [5.41, 5.74) is 16.1. The van der Waals surface area contributed by atoms with Gasteiger partial charge in [-0.1, -0.05) is 152 Å². The first-order valence-corrected chi connectivity index (χ1v) is 27.3. The highest BCUT2D eigenvalue weighted by Gasteiger charge is 2.46. The van der Waals surface area contributed by atoms with Crippen LogP contribution in [0.15, 0.2) is 207 Å². The summed E-state index contributed by atoms with van der Waals surface area (Å²) in [5.74, 6) is 0. The number of benzene rings is 6.